The number of piperazine rings is 1. The number of alkyl halides is 3. The van der Waals surface area contributed by atoms with Crippen molar-refractivity contribution in [3.8, 4) is 0 Å². The van der Waals surface area contributed by atoms with Crippen LogP contribution in [0.25, 0.3) is 0 Å². The van der Waals surface area contributed by atoms with Crippen LogP contribution in [0.5, 0.6) is 0 Å². The van der Waals surface area contributed by atoms with Gasteiger partial charge in [0.05, 0.1) is 10.6 Å². The van der Waals surface area contributed by atoms with E-state index in [2.05, 4.69) is 0 Å². The van der Waals surface area contributed by atoms with Gasteiger partial charge in [0.1, 0.15) is 5.84 Å². The summed E-state index contributed by atoms with van der Waals surface area (Å²) in [5.41, 5.74) is -0.783. The van der Waals surface area contributed by atoms with E-state index < -0.39 is 28.7 Å². The Morgan fingerprint density at radius 3 is 2.59 bits per heavy atom. The Labute approximate surface area is 171 Å². The molecule has 10 heteroatoms. The molecular formula is C19H22ClF3N4O2. The third-order valence-corrected chi connectivity index (χ3v) is 5.78. The number of benzene rings is 1. The molecule has 0 aliphatic carbocycles. The summed E-state index contributed by atoms with van der Waals surface area (Å²) in [6, 6.07) is 3.19. The van der Waals surface area contributed by atoms with Gasteiger partial charge < -0.3 is 14.5 Å². The average molecular weight is 431 g/mol. The molecule has 2 N–H and O–H groups in total. The van der Waals surface area contributed by atoms with Gasteiger partial charge in [0.2, 0.25) is 0 Å². The first kappa shape index (κ1) is 21.6. The molecule has 3 rings (SSSR count). The maximum atomic E-state index is 13.1. The van der Waals surface area contributed by atoms with Gasteiger partial charge in [0.25, 0.3) is 5.91 Å². The molecule has 0 radical (unpaired) electrons. The largest absolute Gasteiger partial charge is 0.417 e. The summed E-state index contributed by atoms with van der Waals surface area (Å²) in [6.45, 7) is 2.92. The number of amidine groups is 2. The van der Waals surface area contributed by atoms with Crippen LogP contribution in [0.4, 0.5) is 13.2 Å². The number of ether oxygens (including phenoxy) is 1. The third kappa shape index (κ3) is 4.40. The van der Waals surface area contributed by atoms with Crippen molar-refractivity contribution in [3.05, 3.63) is 34.3 Å². The molecule has 2 fully saturated rings. The molecule has 1 aromatic carbocycles. The summed E-state index contributed by atoms with van der Waals surface area (Å²) in [5.74, 6) is -0.833. The summed E-state index contributed by atoms with van der Waals surface area (Å²) in [4.78, 5) is 15.5. The molecule has 2 heterocycles. The smallest absolute Gasteiger partial charge is 0.381 e. The standard InChI is InChI=1S/C19H22ClF3N4O2/c1-11-9-27(16(24)12-5-7-29-8-6-12)17(25)18(28)26(11)10-13-3-2-4-14(15(13)20)19(21,22)23/h2-4,11-12,24-25H,5-10H2,1H3. The quantitative estimate of drug-likeness (QED) is 0.565. The van der Waals surface area contributed by atoms with Gasteiger partial charge in [-0.2, -0.15) is 13.2 Å². The Morgan fingerprint density at radius 1 is 1.31 bits per heavy atom. The highest BCUT2D eigenvalue weighted by molar-refractivity contribution is 6.39. The van der Waals surface area contributed by atoms with Crippen LogP contribution in [0.2, 0.25) is 5.02 Å². The third-order valence-electron chi connectivity index (χ3n) is 5.34. The molecule has 2 aliphatic heterocycles. The van der Waals surface area contributed by atoms with Gasteiger partial charge in [0, 0.05) is 38.3 Å². The minimum atomic E-state index is -4.59. The second-order valence-electron chi connectivity index (χ2n) is 7.29. The van der Waals surface area contributed by atoms with Gasteiger partial charge in [-0.3, -0.25) is 15.6 Å². The molecule has 6 nitrogen and oxygen atoms in total. The van der Waals surface area contributed by atoms with E-state index in [1.807, 2.05) is 0 Å². The molecule has 0 spiro atoms. The lowest BCUT2D eigenvalue weighted by molar-refractivity contribution is -0.137. The summed E-state index contributed by atoms with van der Waals surface area (Å²) in [5, 5.41) is 16.2. The van der Waals surface area contributed by atoms with Crippen molar-refractivity contribution >= 4 is 29.2 Å². The topological polar surface area (TPSA) is 80.5 Å². The van der Waals surface area contributed by atoms with Crippen LogP contribution >= 0.6 is 11.6 Å². The minimum Gasteiger partial charge on any atom is -0.381 e. The second-order valence-corrected chi connectivity index (χ2v) is 7.67. The number of hydrogen-bond acceptors (Lipinski definition) is 4. The summed E-state index contributed by atoms with van der Waals surface area (Å²) in [7, 11) is 0. The predicted molar refractivity (Wildman–Crippen MR) is 102 cm³/mol. The monoisotopic (exact) mass is 430 g/mol. The SMILES string of the molecule is CC1CN(C(=N)C2CCOCC2)C(=N)C(=O)N1Cc1cccc(C(F)(F)F)c1Cl. The Kier molecular flexibility index (Phi) is 6.19. The molecule has 2 aliphatic rings. The average Bonchev–Trinajstić information content (AvgIpc) is 2.68. The maximum Gasteiger partial charge on any atom is 0.417 e. The molecule has 0 bridgehead atoms. The first-order chi connectivity index (χ1) is 13.6. The lowest BCUT2D eigenvalue weighted by atomic mass is 9.96. The van der Waals surface area contributed by atoms with Crippen molar-refractivity contribution in [2.45, 2.75) is 38.5 Å². The number of halogens is 4. The Balaban J connectivity index is 1.77. The van der Waals surface area contributed by atoms with Crippen molar-refractivity contribution in [1.82, 2.24) is 9.80 Å². The normalized spacial score (nSPS) is 21.6. The molecule has 1 aromatic rings. The van der Waals surface area contributed by atoms with Crippen LogP contribution in [0.15, 0.2) is 18.2 Å². The minimum absolute atomic E-state index is 0.0754. The number of carbonyl (C=O) groups excluding carboxylic acids is 1. The van der Waals surface area contributed by atoms with Crippen molar-refractivity contribution in [2.75, 3.05) is 19.8 Å². The van der Waals surface area contributed by atoms with E-state index in [1.165, 1.54) is 21.9 Å². The van der Waals surface area contributed by atoms with E-state index in [-0.39, 0.29) is 36.2 Å². The van der Waals surface area contributed by atoms with E-state index in [9.17, 15) is 18.0 Å². The van der Waals surface area contributed by atoms with E-state index in [0.717, 1.165) is 6.07 Å². The molecule has 2 saturated heterocycles. The highest BCUT2D eigenvalue weighted by Crippen LogP contribution is 2.37. The lowest BCUT2D eigenvalue weighted by Gasteiger charge is -2.42. The van der Waals surface area contributed by atoms with Gasteiger partial charge >= 0.3 is 6.18 Å². The fraction of sp³-hybridized carbons (Fsp3) is 0.526. The zero-order chi connectivity index (χ0) is 21.3. The molecule has 158 valence electrons. The van der Waals surface area contributed by atoms with Gasteiger partial charge in [-0.25, -0.2) is 0 Å². The number of carbonyl (C=O) groups is 1. The number of amides is 1. The van der Waals surface area contributed by atoms with Crippen molar-refractivity contribution in [1.29, 1.82) is 10.8 Å². The first-order valence-electron chi connectivity index (χ1n) is 9.29. The molecule has 1 atom stereocenters. The lowest BCUT2D eigenvalue weighted by Crippen LogP contribution is -2.60. The predicted octanol–water partition coefficient (Wildman–Crippen LogP) is 3.77. The molecule has 29 heavy (non-hydrogen) atoms. The first-order valence-corrected chi connectivity index (χ1v) is 9.67. The van der Waals surface area contributed by atoms with Crippen LogP contribution in [0.1, 0.15) is 30.9 Å². The van der Waals surface area contributed by atoms with E-state index in [4.69, 9.17) is 27.2 Å². The molecule has 0 aromatic heterocycles. The van der Waals surface area contributed by atoms with Crippen LogP contribution in [0, 0.1) is 16.7 Å². The van der Waals surface area contributed by atoms with Crippen LogP contribution in [-0.4, -0.2) is 53.2 Å². The van der Waals surface area contributed by atoms with E-state index in [0.29, 0.717) is 26.1 Å². The fourth-order valence-electron chi connectivity index (χ4n) is 3.65. The summed E-state index contributed by atoms with van der Waals surface area (Å²) in [6.07, 6.45) is -3.27. The van der Waals surface area contributed by atoms with Gasteiger partial charge in [-0.05, 0) is 31.4 Å². The highest BCUT2D eigenvalue weighted by Gasteiger charge is 2.39. The Morgan fingerprint density at radius 2 is 1.97 bits per heavy atom. The highest BCUT2D eigenvalue weighted by atomic mass is 35.5. The number of rotatable bonds is 3. The zero-order valence-electron chi connectivity index (χ0n) is 15.9. The molecule has 0 saturated carbocycles. The Bertz CT molecular complexity index is 824. The number of nitrogens with zero attached hydrogens (tertiary/aromatic N) is 2. The zero-order valence-corrected chi connectivity index (χ0v) is 16.6. The number of hydrogen-bond donors (Lipinski definition) is 2. The summed E-state index contributed by atoms with van der Waals surface area (Å²) >= 11 is 5.96. The molecule has 1 amide bonds. The molecular weight excluding hydrogens is 409 g/mol. The Hall–Kier alpha value is -2.13. The van der Waals surface area contributed by atoms with E-state index in [1.54, 1.807) is 6.92 Å². The van der Waals surface area contributed by atoms with Gasteiger partial charge in [0.15, 0.2) is 5.84 Å². The fourth-order valence-corrected chi connectivity index (χ4v) is 3.94. The van der Waals surface area contributed by atoms with Gasteiger partial charge in [-0.1, -0.05) is 23.7 Å². The van der Waals surface area contributed by atoms with Crippen molar-refractivity contribution in [3.63, 3.8) is 0 Å². The van der Waals surface area contributed by atoms with Crippen LogP contribution < -0.4 is 0 Å². The summed E-state index contributed by atoms with van der Waals surface area (Å²) < 4.78 is 44.6. The van der Waals surface area contributed by atoms with Crippen molar-refractivity contribution < 1.29 is 22.7 Å². The van der Waals surface area contributed by atoms with Crippen LogP contribution in [-0.2, 0) is 22.3 Å². The number of nitrogens with one attached hydrogen (secondary N) is 2. The van der Waals surface area contributed by atoms with Gasteiger partial charge in [-0.15, -0.1) is 0 Å². The molecule has 1 unspecified atom stereocenters. The second kappa shape index (κ2) is 8.31. The van der Waals surface area contributed by atoms with Crippen LogP contribution in [0.3, 0.4) is 0 Å². The van der Waals surface area contributed by atoms with E-state index >= 15 is 0 Å². The maximum absolute atomic E-state index is 13.1. The van der Waals surface area contributed by atoms with Crippen molar-refractivity contribution in [2.24, 2.45) is 5.92 Å².